The number of fused-ring (bicyclic) bond motifs is 1. The first kappa shape index (κ1) is 22.9. The van der Waals surface area contributed by atoms with Crippen LogP contribution in [-0.4, -0.2) is 29.6 Å². The van der Waals surface area contributed by atoms with Crippen LogP contribution in [-0.2, 0) is 7.05 Å². The van der Waals surface area contributed by atoms with Crippen LogP contribution in [0, 0.1) is 0 Å². The van der Waals surface area contributed by atoms with Crippen LogP contribution in [0.2, 0.25) is 0 Å². The van der Waals surface area contributed by atoms with Crippen molar-refractivity contribution < 1.29 is 9.90 Å². The lowest BCUT2D eigenvalue weighted by molar-refractivity contribution is 0.0972. The van der Waals surface area contributed by atoms with Crippen LogP contribution >= 0.6 is 0 Å². The van der Waals surface area contributed by atoms with E-state index in [9.17, 15) is 14.7 Å². The molecule has 4 rings (SSSR count). The zero-order valence-corrected chi connectivity index (χ0v) is 19.4. The third-order valence-corrected chi connectivity index (χ3v) is 6.05. The van der Waals surface area contributed by atoms with Gasteiger partial charge in [-0.2, -0.15) is 0 Å². The fourth-order valence-electron chi connectivity index (χ4n) is 4.09. The standard InChI is InChI=1S/C27H28N4O3/c1-30(2)18-14-12-17(13-15-18)22(29-21-10-6-5-9-20(21)28)16-24(32)25-26(33)19-8-4-7-11-23(19)31(3)27(25)34/h4-15,22,29,33H,16,28H2,1-3H3/t22-/m1/s1. The van der Waals surface area contributed by atoms with Gasteiger partial charge in [0, 0.05) is 38.6 Å². The number of nitrogens with zero attached hydrogens (tertiary/aromatic N) is 2. The van der Waals surface area contributed by atoms with Crippen molar-refractivity contribution >= 4 is 33.7 Å². The second kappa shape index (κ2) is 9.31. The molecule has 0 unspecified atom stereocenters. The highest BCUT2D eigenvalue weighted by Crippen LogP contribution is 2.31. The molecule has 0 spiro atoms. The van der Waals surface area contributed by atoms with Gasteiger partial charge in [0.25, 0.3) is 5.56 Å². The molecule has 0 fully saturated rings. The molecule has 4 aromatic rings. The molecule has 0 amide bonds. The summed E-state index contributed by atoms with van der Waals surface area (Å²) in [7, 11) is 5.51. The Morgan fingerprint density at radius 1 is 1.03 bits per heavy atom. The maximum absolute atomic E-state index is 13.5. The molecule has 0 radical (unpaired) electrons. The summed E-state index contributed by atoms with van der Waals surface area (Å²) in [6, 6.07) is 21.6. The lowest BCUT2D eigenvalue weighted by Gasteiger charge is -2.22. The van der Waals surface area contributed by atoms with Crippen molar-refractivity contribution in [3.05, 3.63) is 94.3 Å². The highest BCUT2D eigenvalue weighted by atomic mass is 16.3. The van der Waals surface area contributed by atoms with Crippen LogP contribution in [0.5, 0.6) is 5.75 Å². The number of para-hydroxylation sites is 3. The molecule has 0 saturated carbocycles. The number of benzene rings is 3. The molecule has 7 nitrogen and oxygen atoms in total. The average Bonchev–Trinajstić information content (AvgIpc) is 2.83. The number of anilines is 3. The first-order valence-electron chi connectivity index (χ1n) is 11.0. The summed E-state index contributed by atoms with van der Waals surface area (Å²) in [5, 5.41) is 14.7. The number of aryl methyl sites for hydroxylation is 1. The number of Topliss-reactive ketones (excluding diaryl/α,β-unsaturated/α-hetero) is 1. The van der Waals surface area contributed by atoms with Gasteiger partial charge in [-0.3, -0.25) is 9.59 Å². The van der Waals surface area contributed by atoms with E-state index >= 15 is 0 Å². The van der Waals surface area contributed by atoms with E-state index in [1.807, 2.05) is 61.5 Å². The van der Waals surface area contributed by atoms with Gasteiger partial charge in [0.15, 0.2) is 5.78 Å². The van der Waals surface area contributed by atoms with Gasteiger partial charge in [-0.15, -0.1) is 0 Å². The number of carbonyl (C=O) groups is 1. The predicted molar refractivity (Wildman–Crippen MR) is 138 cm³/mol. The summed E-state index contributed by atoms with van der Waals surface area (Å²) in [6.07, 6.45) is -0.0449. The Labute approximate surface area is 198 Å². The van der Waals surface area contributed by atoms with Crippen molar-refractivity contribution in [1.29, 1.82) is 0 Å². The van der Waals surface area contributed by atoms with Crippen LogP contribution < -0.4 is 21.5 Å². The highest BCUT2D eigenvalue weighted by Gasteiger charge is 2.25. The second-order valence-corrected chi connectivity index (χ2v) is 8.50. The van der Waals surface area contributed by atoms with E-state index < -0.39 is 17.4 Å². The summed E-state index contributed by atoms with van der Waals surface area (Å²) >= 11 is 0. The first-order valence-corrected chi connectivity index (χ1v) is 11.0. The number of pyridine rings is 1. The van der Waals surface area contributed by atoms with Gasteiger partial charge in [0.1, 0.15) is 11.3 Å². The zero-order chi connectivity index (χ0) is 24.4. The molecule has 3 aromatic carbocycles. The summed E-state index contributed by atoms with van der Waals surface area (Å²) in [6.45, 7) is 0. The Morgan fingerprint density at radius 3 is 2.35 bits per heavy atom. The van der Waals surface area contributed by atoms with Crippen LogP contribution in [0.1, 0.15) is 28.4 Å². The normalized spacial score (nSPS) is 11.9. The Morgan fingerprint density at radius 2 is 1.68 bits per heavy atom. The zero-order valence-electron chi connectivity index (χ0n) is 19.4. The van der Waals surface area contributed by atoms with Crippen LogP contribution in [0.15, 0.2) is 77.6 Å². The van der Waals surface area contributed by atoms with Crippen molar-refractivity contribution in [3.63, 3.8) is 0 Å². The minimum atomic E-state index is -0.526. The summed E-state index contributed by atoms with van der Waals surface area (Å²) in [5.74, 6) is -0.739. The third-order valence-electron chi connectivity index (χ3n) is 6.05. The van der Waals surface area contributed by atoms with Gasteiger partial charge < -0.3 is 25.6 Å². The van der Waals surface area contributed by atoms with E-state index in [2.05, 4.69) is 5.32 Å². The first-order chi connectivity index (χ1) is 16.3. The fraction of sp³-hybridized carbons (Fsp3) is 0.185. The Balaban J connectivity index is 1.75. The smallest absolute Gasteiger partial charge is 0.265 e. The molecule has 174 valence electrons. The Hall–Kier alpha value is -4.26. The summed E-state index contributed by atoms with van der Waals surface area (Å²) in [5.41, 5.74) is 9.08. The second-order valence-electron chi connectivity index (χ2n) is 8.50. The number of carbonyl (C=O) groups excluding carboxylic acids is 1. The molecule has 4 N–H and O–H groups in total. The summed E-state index contributed by atoms with van der Waals surface area (Å²) in [4.78, 5) is 28.5. The predicted octanol–water partition coefficient (Wildman–Crippen LogP) is 4.32. The number of aromatic nitrogens is 1. The van der Waals surface area contributed by atoms with E-state index in [1.165, 1.54) is 4.57 Å². The van der Waals surface area contributed by atoms with Crippen molar-refractivity contribution in [3.8, 4) is 5.75 Å². The molecule has 34 heavy (non-hydrogen) atoms. The Kier molecular flexibility index (Phi) is 6.27. The largest absolute Gasteiger partial charge is 0.506 e. The number of rotatable bonds is 7. The van der Waals surface area contributed by atoms with Crippen molar-refractivity contribution in [2.75, 3.05) is 30.0 Å². The highest BCUT2D eigenvalue weighted by molar-refractivity contribution is 6.03. The number of ketones is 1. The monoisotopic (exact) mass is 456 g/mol. The lowest BCUT2D eigenvalue weighted by Crippen LogP contribution is -2.27. The van der Waals surface area contributed by atoms with Gasteiger partial charge in [-0.25, -0.2) is 0 Å². The number of aromatic hydroxyl groups is 1. The fourth-order valence-corrected chi connectivity index (χ4v) is 4.09. The minimum absolute atomic E-state index is 0.0449. The number of nitrogens with one attached hydrogen (secondary N) is 1. The van der Waals surface area contributed by atoms with Gasteiger partial charge in [0.05, 0.1) is 22.9 Å². The third kappa shape index (κ3) is 4.32. The van der Waals surface area contributed by atoms with Gasteiger partial charge in [-0.05, 0) is 42.0 Å². The number of nitrogen functional groups attached to an aromatic ring is 1. The van der Waals surface area contributed by atoms with Gasteiger partial charge in [0.2, 0.25) is 0 Å². The topological polar surface area (TPSA) is 101 Å². The number of nitrogens with two attached hydrogens (primary N) is 1. The van der Waals surface area contributed by atoms with E-state index in [-0.39, 0.29) is 17.7 Å². The number of hydrogen-bond donors (Lipinski definition) is 3. The van der Waals surface area contributed by atoms with E-state index in [0.29, 0.717) is 22.3 Å². The minimum Gasteiger partial charge on any atom is -0.506 e. The molecular weight excluding hydrogens is 428 g/mol. The molecule has 1 heterocycles. The molecule has 1 atom stereocenters. The molecule has 1 aromatic heterocycles. The lowest BCUT2D eigenvalue weighted by atomic mass is 9.96. The molecule has 0 saturated heterocycles. The van der Waals surface area contributed by atoms with Crippen molar-refractivity contribution in [2.45, 2.75) is 12.5 Å². The maximum atomic E-state index is 13.5. The van der Waals surface area contributed by atoms with E-state index in [4.69, 9.17) is 5.73 Å². The van der Waals surface area contributed by atoms with Crippen molar-refractivity contribution in [2.24, 2.45) is 7.05 Å². The average molecular weight is 457 g/mol. The molecular formula is C27H28N4O3. The molecule has 0 aliphatic heterocycles. The van der Waals surface area contributed by atoms with Gasteiger partial charge >= 0.3 is 0 Å². The van der Waals surface area contributed by atoms with Crippen LogP contribution in [0.25, 0.3) is 10.9 Å². The van der Waals surface area contributed by atoms with E-state index in [0.717, 1.165) is 11.3 Å². The SMILES string of the molecule is CN(C)c1ccc([C@@H](CC(=O)c2c(O)c3ccccc3n(C)c2=O)Nc2ccccc2N)cc1. The maximum Gasteiger partial charge on any atom is 0.265 e. The van der Waals surface area contributed by atoms with Gasteiger partial charge in [-0.1, -0.05) is 36.4 Å². The van der Waals surface area contributed by atoms with Crippen LogP contribution in [0.3, 0.4) is 0 Å². The van der Waals surface area contributed by atoms with Crippen molar-refractivity contribution in [1.82, 2.24) is 4.57 Å². The molecule has 0 aliphatic carbocycles. The Bertz CT molecular complexity index is 1410. The molecule has 7 heteroatoms. The van der Waals surface area contributed by atoms with E-state index in [1.54, 1.807) is 37.4 Å². The molecule has 0 aliphatic rings. The van der Waals surface area contributed by atoms with Crippen LogP contribution in [0.4, 0.5) is 17.1 Å². The quantitative estimate of drug-likeness (QED) is 0.283. The summed E-state index contributed by atoms with van der Waals surface area (Å²) < 4.78 is 1.39. The number of hydrogen-bond acceptors (Lipinski definition) is 6. The molecule has 0 bridgehead atoms.